The van der Waals surface area contributed by atoms with Crippen LogP contribution >= 0.6 is 11.6 Å². The lowest BCUT2D eigenvalue weighted by molar-refractivity contribution is 0.693. The van der Waals surface area contributed by atoms with Crippen LogP contribution in [0.5, 0.6) is 0 Å². The van der Waals surface area contributed by atoms with E-state index >= 15 is 0 Å². The van der Waals surface area contributed by atoms with E-state index in [1.165, 1.54) is 19.3 Å². The predicted octanol–water partition coefficient (Wildman–Crippen LogP) is 4.60. The number of benzene rings is 1. The summed E-state index contributed by atoms with van der Waals surface area (Å²) in [5.41, 5.74) is 0.995. The van der Waals surface area contributed by atoms with Gasteiger partial charge in [0.2, 0.25) is 0 Å². The molecule has 0 atom stereocenters. The van der Waals surface area contributed by atoms with Gasteiger partial charge in [-0.05, 0) is 30.7 Å². The highest BCUT2D eigenvalue weighted by Gasteiger charge is 1.95. The van der Waals surface area contributed by atoms with Gasteiger partial charge in [-0.3, -0.25) is 0 Å². The Labute approximate surface area is 96.9 Å². The van der Waals surface area contributed by atoms with Gasteiger partial charge < -0.3 is 0 Å². The van der Waals surface area contributed by atoms with Crippen molar-refractivity contribution in [2.45, 2.75) is 32.6 Å². The van der Waals surface area contributed by atoms with Gasteiger partial charge >= 0.3 is 6.07 Å². The highest BCUT2D eigenvalue weighted by molar-refractivity contribution is 6.30. The van der Waals surface area contributed by atoms with E-state index in [-0.39, 0.29) is 0 Å². The SMILES string of the molecule is CCCCCC[N+]#Cc1ccc(Cl)cc1. The normalized spacial score (nSPS) is 9.47. The first kappa shape index (κ1) is 12.1. The van der Waals surface area contributed by atoms with Gasteiger partial charge in [0.15, 0.2) is 0 Å². The quantitative estimate of drug-likeness (QED) is 0.656. The molecule has 0 amide bonds. The lowest BCUT2D eigenvalue weighted by atomic mass is 10.2. The molecule has 0 radical (unpaired) electrons. The summed E-state index contributed by atoms with van der Waals surface area (Å²) in [6.07, 6.45) is 5.00. The summed E-state index contributed by atoms with van der Waals surface area (Å²) < 4.78 is 0. The summed E-state index contributed by atoms with van der Waals surface area (Å²) in [6, 6.07) is 10.6. The Bertz CT molecular complexity index is 332. The fourth-order valence-electron chi connectivity index (χ4n) is 1.29. The number of hydrogen-bond donors (Lipinski definition) is 0. The Hall–Kier alpha value is -1.00. The molecule has 0 fully saturated rings. The largest absolute Gasteiger partial charge is 0.311 e. The molecule has 0 aliphatic rings. The van der Waals surface area contributed by atoms with Gasteiger partial charge in [0, 0.05) is 11.4 Å². The Morgan fingerprint density at radius 2 is 1.87 bits per heavy atom. The molecule has 0 aromatic heterocycles. The molecule has 15 heavy (non-hydrogen) atoms. The maximum absolute atomic E-state index is 5.77. The summed E-state index contributed by atoms with van der Waals surface area (Å²) in [6.45, 7) is 3.09. The zero-order valence-electron chi connectivity index (χ0n) is 9.17. The smallest absolute Gasteiger partial charge is 0.0843 e. The second-order valence-corrected chi connectivity index (χ2v) is 4.00. The maximum Gasteiger partial charge on any atom is 0.311 e. The van der Waals surface area contributed by atoms with Crippen LogP contribution in [0.25, 0.3) is 4.85 Å². The zero-order chi connectivity index (χ0) is 10.9. The van der Waals surface area contributed by atoms with Crippen LogP contribution in [0.1, 0.15) is 38.2 Å². The van der Waals surface area contributed by atoms with Gasteiger partial charge in [-0.15, -0.1) is 0 Å². The van der Waals surface area contributed by atoms with Crippen molar-refractivity contribution in [2.75, 3.05) is 6.54 Å². The van der Waals surface area contributed by atoms with Crippen molar-refractivity contribution >= 4 is 11.6 Å². The molecule has 0 saturated heterocycles. The van der Waals surface area contributed by atoms with Gasteiger partial charge in [0.25, 0.3) is 6.54 Å². The monoisotopic (exact) mass is 222 g/mol. The number of hydrogen-bond acceptors (Lipinski definition) is 0. The zero-order valence-corrected chi connectivity index (χ0v) is 9.93. The van der Waals surface area contributed by atoms with Crippen LogP contribution < -0.4 is 0 Å². The van der Waals surface area contributed by atoms with Crippen LogP contribution in [-0.2, 0) is 0 Å². The van der Waals surface area contributed by atoms with Gasteiger partial charge in [-0.25, -0.2) is 0 Å². The molecule has 0 bridgehead atoms. The van der Waals surface area contributed by atoms with E-state index in [0.717, 1.165) is 23.6 Å². The first-order valence-corrected chi connectivity index (χ1v) is 5.89. The third-order valence-electron chi connectivity index (χ3n) is 2.18. The lowest BCUT2D eigenvalue weighted by Gasteiger charge is -1.87. The van der Waals surface area contributed by atoms with Crippen molar-refractivity contribution in [3.63, 3.8) is 0 Å². The number of unbranched alkanes of at least 4 members (excludes halogenated alkanes) is 3. The van der Waals surface area contributed by atoms with Crippen molar-refractivity contribution in [1.29, 1.82) is 0 Å². The summed E-state index contributed by atoms with van der Waals surface area (Å²) in [7, 11) is 0. The van der Waals surface area contributed by atoms with Gasteiger partial charge in [0.1, 0.15) is 5.56 Å². The summed E-state index contributed by atoms with van der Waals surface area (Å²) >= 11 is 5.77. The second kappa shape index (κ2) is 7.31. The molecule has 0 spiro atoms. The fourth-order valence-corrected chi connectivity index (χ4v) is 1.42. The summed E-state index contributed by atoms with van der Waals surface area (Å²) in [5.74, 6) is 0. The molecule has 1 rings (SSSR count). The third-order valence-corrected chi connectivity index (χ3v) is 2.43. The summed E-state index contributed by atoms with van der Waals surface area (Å²) in [5, 5.41) is 0.753. The molecular weight excluding hydrogens is 206 g/mol. The molecular formula is C13H17ClN+. The van der Waals surface area contributed by atoms with Crippen LogP contribution in [0.3, 0.4) is 0 Å². The molecule has 1 nitrogen and oxygen atoms in total. The van der Waals surface area contributed by atoms with E-state index in [1.807, 2.05) is 24.3 Å². The van der Waals surface area contributed by atoms with Crippen LogP contribution in [0.15, 0.2) is 24.3 Å². The molecule has 1 aromatic rings. The standard InChI is InChI=1S/C13H17ClN/c1-2-3-4-5-10-15-11-12-6-8-13(14)9-7-12/h6-9H,2-5,10H2,1H3/q+1. The minimum absolute atomic E-state index is 0.753. The molecule has 0 aliphatic carbocycles. The van der Waals surface area contributed by atoms with Crippen molar-refractivity contribution < 1.29 is 0 Å². The Kier molecular flexibility index (Phi) is 5.88. The minimum Gasteiger partial charge on any atom is -0.0843 e. The Morgan fingerprint density at radius 1 is 1.13 bits per heavy atom. The molecule has 1 aromatic carbocycles. The maximum atomic E-state index is 5.77. The average molecular weight is 223 g/mol. The number of halogens is 1. The van der Waals surface area contributed by atoms with Crippen molar-refractivity contribution in [1.82, 2.24) is 0 Å². The highest BCUT2D eigenvalue weighted by atomic mass is 35.5. The fraction of sp³-hybridized carbons (Fsp3) is 0.462. The lowest BCUT2D eigenvalue weighted by Crippen LogP contribution is -1.79. The van der Waals surface area contributed by atoms with Crippen molar-refractivity contribution in [3.8, 4) is 6.07 Å². The topological polar surface area (TPSA) is 4.36 Å². The first-order chi connectivity index (χ1) is 7.33. The number of rotatable bonds is 4. The van der Waals surface area contributed by atoms with Crippen LogP contribution in [0, 0.1) is 6.07 Å². The van der Waals surface area contributed by atoms with Crippen LogP contribution in [0.2, 0.25) is 5.02 Å². The van der Waals surface area contributed by atoms with Crippen LogP contribution in [-0.4, -0.2) is 6.54 Å². The van der Waals surface area contributed by atoms with Crippen LogP contribution in [0.4, 0.5) is 0 Å². The highest BCUT2D eigenvalue weighted by Crippen LogP contribution is 2.08. The molecule has 0 aliphatic heterocycles. The predicted molar refractivity (Wildman–Crippen MR) is 66.8 cm³/mol. The van der Waals surface area contributed by atoms with Gasteiger partial charge in [0.05, 0.1) is 0 Å². The van der Waals surface area contributed by atoms with E-state index in [1.54, 1.807) is 0 Å². The van der Waals surface area contributed by atoms with E-state index in [4.69, 9.17) is 11.6 Å². The van der Waals surface area contributed by atoms with E-state index in [2.05, 4.69) is 17.8 Å². The Morgan fingerprint density at radius 3 is 2.53 bits per heavy atom. The average Bonchev–Trinajstić information content (AvgIpc) is 2.26. The van der Waals surface area contributed by atoms with Crippen molar-refractivity contribution in [3.05, 3.63) is 39.7 Å². The first-order valence-electron chi connectivity index (χ1n) is 5.51. The van der Waals surface area contributed by atoms with E-state index < -0.39 is 0 Å². The number of nitrogens with zero attached hydrogens (tertiary/aromatic N) is 1. The molecule has 0 heterocycles. The van der Waals surface area contributed by atoms with Gasteiger partial charge in [-0.2, -0.15) is 0 Å². The molecule has 2 heteroatoms. The minimum atomic E-state index is 0.753. The molecule has 0 unspecified atom stereocenters. The third kappa shape index (κ3) is 5.44. The second-order valence-electron chi connectivity index (χ2n) is 3.56. The van der Waals surface area contributed by atoms with Gasteiger partial charge in [-0.1, -0.05) is 36.2 Å². The molecule has 80 valence electrons. The Balaban J connectivity index is 2.28. The van der Waals surface area contributed by atoms with E-state index in [9.17, 15) is 0 Å². The van der Waals surface area contributed by atoms with Crippen molar-refractivity contribution in [2.24, 2.45) is 0 Å². The summed E-state index contributed by atoms with van der Waals surface area (Å²) in [4.78, 5) is 4.25. The molecule has 0 N–H and O–H groups in total. The van der Waals surface area contributed by atoms with E-state index in [0.29, 0.717) is 0 Å². The molecule has 0 saturated carbocycles.